The molecule has 18 heavy (non-hydrogen) atoms. The lowest BCUT2D eigenvalue weighted by molar-refractivity contribution is -0.137. The zero-order valence-electron chi connectivity index (χ0n) is 10.3. The minimum atomic E-state index is -4.37. The van der Waals surface area contributed by atoms with E-state index in [4.69, 9.17) is 0 Å². The van der Waals surface area contributed by atoms with Crippen molar-refractivity contribution in [2.45, 2.75) is 32.5 Å². The maximum Gasteiger partial charge on any atom is 0.419 e. The lowest BCUT2D eigenvalue weighted by atomic mass is 10.2. The summed E-state index contributed by atoms with van der Waals surface area (Å²) in [4.78, 5) is 5.59. The highest BCUT2D eigenvalue weighted by atomic mass is 79.9. The van der Waals surface area contributed by atoms with E-state index in [9.17, 15) is 13.2 Å². The number of nitrogens with zero attached hydrogens (tertiary/aromatic N) is 2. The molecule has 0 fully saturated rings. The topological polar surface area (TPSA) is 16.1 Å². The zero-order valence-corrected chi connectivity index (χ0v) is 11.9. The van der Waals surface area contributed by atoms with Crippen molar-refractivity contribution >= 4 is 21.7 Å². The lowest BCUT2D eigenvalue weighted by Crippen LogP contribution is -2.34. The Morgan fingerprint density at radius 1 is 1.39 bits per heavy atom. The van der Waals surface area contributed by atoms with Crippen LogP contribution in [0.4, 0.5) is 19.0 Å². The fourth-order valence-electron chi connectivity index (χ4n) is 1.69. The van der Waals surface area contributed by atoms with Gasteiger partial charge in [0.1, 0.15) is 5.82 Å². The van der Waals surface area contributed by atoms with Crippen LogP contribution in [0.3, 0.4) is 0 Å². The molecule has 6 heteroatoms. The van der Waals surface area contributed by atoms with Gasteiger partial charge in [-0.3, -0.25) is 0 Å². The largest absolute Gasteiger partial charge is 0.419 e. The molecule has 1 aromatic rings. The van der Waals surface area contributed by atoms with Crippen molar-refractivity contribution in [3.63, 3.8) is 0 Å². The van der Waals surface area contributed by atoms with Crippen molar-refractivity contribution in [3.05, 3.63) is 23.9 Å². The number of halogens is 4. The Morgan fingerprint density at radius 2 is 2.06 bits per heavy atom. The van der Waals surface area contributed by atoms with Crippen LogP contribution in [0.2, 0.25) is 0 Å². The Bertz CT molecular complexity index is 380. The normalized spacial score (nSPS) is 11.9. The molecule has 0 aliphatic carbocycles. The van der Waals surface area contributed by atoms with Gasteiger partial charge in [-0.15, -0.1) is 0 Å². The van der Waals surface area contributed by atoms with Crippen LogP contribution in [0, 0.1) is 0 Å². The SMILES string of the molecule is CC(C)N(CCCBr)c1ncccc1C(F)(F)F. The fourth-order valence-corrected chi connectivity index (χ4v) is 1.94. The van der Waals surface area contributed by atoms with Gasteiger partial charge in [-0.25, -0.2) is 4.98 Å². The van der Waals surface area contributed by atoms with Gasteiger partial charge in [-0.05, 0) is 32.4 Å². The minimum Gasteiger partial charge on any atom is -0.354 e. The molecule has 0 spiro atoms. The van der Waals surface area contributed by atoms with E-state index < -0.39 is 11.7 Å². The van der Waals surface area contributed by atoms with Gasteiger partial charge in [0.25, 0.3) is 0 Å². The first-order valence-electron chi connectivity index (χ1n) is 5.72. The predicted octanol–water partition coefficient (Wildman–Crippen LogP) is 4.10. The summed E-state index contributed by atoms with van der Waals surface area (Å²) in [7, 11) is 0. The number of hydrogen-bond acceptors (Lipinski definition) is 2. The summed E-state index contributed by atoms with van der Waals surface area (Å²) in [5.41, 5.74) is -0.673. The minimum absolute atomic E-state index is 0.0148. The second-order valence-corrected chi connectivity index (χ2v) is 5.00. The van der Waals surface area contributed by atoms with Gasteiger partial charge in [-0.2, -0.15) is 13.2 Å². The predicted molar refractivity (Wildman–Crippen MR) is 70.1 cm³/mol. The average Bonchev–Trinajstić information content (AvgIpc) is 2.28. The smallest absolute Gasteiger partial charge is 0.354 e. The summed E-state index contributed by atoms with van der Waals surface area (Å²) < 4.78 is 38.8. The standard InChI is InChI=1S/C12H16BrF3N2/c1-9(2)18(8-4-6-13)11-10(12(14,15)16)5-3-7-17-11/h3,5,7,9H,4,6,8H2,1-2H3. The van der Waals surface area contributed by atoms with Crippen LogP contribution in [-0.4, -0.2) is 22.9 Å². The molecule has 102 valence electrons. The Labute approximate surface area is 113 Å². The molecule has 1 aromatic heterocycles. The van der Waals surface area contributed by atoms with E-state index in [2.05, 4.69) is 20.9 Å². The van der Waals surface area contributed by atoms with Crippen LogP contribution in [0.5, 0.6) is 0 Å². The van der Waals surface area contributed by atoms with E-state index >= 15 is 0 Å². The number of alkyl halides is 4. The molecule has 0 N–H and O–H groups in total. The first kappa shape index (κ1) is 15.3. The number of rotatable bonds is 5. The monoisotopic (exact) mass is 324 g/mol. The van der Waals surface area contributed by atoms with Gasteiger partial charge in [0, 0.05) is 24.1 Å². The second-order valence-electron chi connectivity index (χ2n) is 4.20. The molecule has 0 aromatic carbocycles. The summed E-state index contributed by atoms with van der Waals surface area (Å²) in [6, 6.07) is 2.36. The van der Waals surface area contributed by atoms with Crippen LogP contribution in [0.15, 0.2) is 18.3 Å². The van der Waals surface area contributed by atoms with Gasteiger partial charge in [0.2, 0.25) is 0 Å². The van der Waals surface area contributed by atoms with Gasteiger partial charge < -0.3 is 4.90 Å². The molecule has 0 saturated carbocycles. The molecule has 0 saturated heterocycles. The number of hydrogen-bond donors (Lipinski definition) is 0. The fraction of sp³-hybridized carbons (Fsp3) is 0.583. The first-order chi connectivity index (χ1) is 8.38. The molecule has 0 aliphatic rings. The quantitative estimate of drug-likeness (QED) is 0.758. The van der Waals surface area contributed by atoms with Gasteiger partial charge in [0.15, 0.2) is 0 Å². The Hall–Kier alpha value is -0.780. The summed E-state index contributed by atoms with van der Waals surface area (Å²) in [6.45, 7) is 4.27. The number of pyridine rings is 1. The molecule has 0 aliphatic heterocycles. The molecule has 0 radical (unpaired) electrons. The van der Waals surface area contributed by atoms with E-state index in [0.717, 1.165) is 17.8 Å². The molecule has 0 amide bonds. The van der Waals surface area contributed by atoms with Crippen LogP contribution in [-0.2, 0) is 6.18 Å². The van der Waals surface area contributed by atoms with E-state index in [1.54, 1.807) is 4.90 Å². The molecule has 0 unspecified atom stereocenters. The van der Waals surface area contributed by atoms with E-state index in [1.165, 1.54) is 12.3 Å². The van der Waals surface area contributed by atoms with Crippen molar-refractivity contribution < 1.29 is 13.2 Å². The van der Waals surface area contributed by atoms with Crippen molar-refractivity contribution in [2.75, 3.05) is 16.8 Å². The molecular formula is C12H16BrF3N2. The second kappa shape index (κ2) is 6.41. The third kappa shape index (κ3) is 3.86. The Kier molecular flexibility index (Phi) is 5.44. The van der Waals surface area contributed by atoms with Crippen molar-refractivity contribution in [2.24, 2.45) is 0 Å². The van der Waals surface area contributed by atoms with Crippen LogP contribution < -0.4 is 4.90 Å². The summed E-state index contributed by atoms with van der Waals surface area (Å²) in [6.07, 6.45) is -2.20. The number of anilines is 1. The third-order valence-electron chi connectivity index (χ3n) is 2.52. The zero-order chi connectivity index (χ0) is 13.8. The molecule has 2 nitrogen and oxygen atoms in total. The van der Waals surface area contributed by atoms with Crippen molar-refractivity contribution in [1.29, 1.82) is 0 Å². The van der Waals surface area contributed by atoms with Gasteiger partial charge in [0.05, 0.1) is 5.56 Å². The highest BCUT2D eigenvalue weighted by Crippen LogP contribution is 2.35. The molecule has 0 atom stereocenters. The third-order valence-corrected chi connectivity index (χ3v) is 3.08. The van der Waals surface area contributed by atoms with Crippen molar-refractivity contribution in [3.8, 4) is 0 Å². The Balaban J connectivity index is 3.11. The van der Waals surface area contributed by atoms with Crippen LogP contribution in [0.1, 0.15) is 25.8 Å². The van der Waals surface area contributed by atoms with E-state index in [-0.39, 0.29) is 11.9 Å². The average molecular weight is 325 g/mol. The molecule has 1 heterocycles. The van der Waals surface area contributed by atoms with Crippen LogP contribution >= 0.6 is 15.9 Å². The molecular weight excluding hydrogens is 309 g/mol. The van der Waals surface area contributed by atoms with Crippen molar-refractivity contribution in [1.82, 2.24) is 4.98 Å². The maximum absolute atomic E-state index is 12.9. The highest BCUT2D eigenvalue weighted by Gasteiger charge is 2.35. The van der Waals surface area contributed by atoms with E-state index in [0.29, 0.717) is 6.54 Å². The lowest BCUT2D eigenvalue weighted by Gasteiger charge is -2.29. The molecule has 1 rings (SSSR count). The maximum atomic E-state index is 12.9. The molecule has 0 bridgehead atoms. The summed E-state index contributed by atoms with van der Waals surface area (Å²) in [5, 5.41) is 0.754. The summed E-state index contributed by atoms with van der Waals surface area (Å²) >= 11 is 3.29. The van der Waals surface area contributed by atoms with Crippen LogP contribution in [0.25, 0.3) is 0 Å². The highest BCUT2D eigenvalue weighted by molar-refractivity contribution is 9.09. The first-order valence-corrected chi connectivity index (χ1v) is 6.85. The van der Waals surface area contributed by atoms with Gasteiger partial charge >= 0.3 is 6.18 Å². The number of aromatic nitrogens is 1. The van der Waals surface area contributed by atoms with Gasteiger partial charge in [-0.1, -0.05) is 15.9 Å². The van der Waals surface area contributed by atoms with E-state index in [1.807, 2.05) is 13.8 Å². The summed E-state index contributed by atoms with van der Waals surface area (Å²) in [5.74, 6) is 0.0148. The Morgan fingerprint density at radius 3 is 2.56 bits per heavy atom.